The number of alkyl carbamates (subject to hydrolysis) is 1. The van der Waals surface area contributed by atoms with Gasteiger partial charge in [-0.15, -0.1) is 0 Å². The number of aromatic nitrogens is 4. The van der Waals surface area contributed by atoms with Crippen molar-refractivity contribution in [1.82, 2.24) is 25.3 Å². The van der Waals surface area contributed by atoms with Gasteiger partial charge in [0.15, 0.2) is 5.82 Å². The van der Waals surface area contributed by atoms with Gasteiger partial charge in [0, 0.05) is 55.5 Å². The fraction of sp³-hybridized carbons (Fsp3) is 0.680. The third-order valence-electron chi connectivity index (χ3n) is 7.73. The number of carbonyl (C=O) groups excluding carboxylic acids is 1. The van der Waals surface area contributed by atoms with E-state index in [0.717, 1.165) is 85.2 Å². The quantitative estimate of drug-likeness (QED) is 0.506. The average Bonchev–Trinajstić information content (AvgIpc) is 3.40. The lowest BCUT2D eigenvalue weighted by molar-refractivity contribution is 0.0295. The highest BCUT2D eigenvalue weighted by Crippen LogP contribution is 2.37. The Labute approximate surface area is 209 Å². The zero-order valence-electron chi connectivity index (χ0n) is 21.0. The molecule has 1 saturated heterocycles. The van der Waals surface area contributed by atoms with Crippen LogP contribution < -0.4 is 21.3 Å². The molecule has 1 unspecified atom stereocenters. The molecule has 2 aliphatic heterocycles. The molecule has 2 aromatic rings. The van der Waals surface area contributed by atoms with Crippen LogP contribution in [0.15, 0.2) is 11.1 Å². The molecule has 11 nitrogen and oxygen atoms in total. The average molecular weight is 498 g/mol. The molecule has 2 saturated carbocycles. The summed E-state index contributed by atoms with van der Waals surface area (Å²) >= 11 is 0. The van der Waals surface area contributed by atoms with Crippen molar-refractivity contribution in [2.24, 2.45) is 12.0 Å². The topological polar surface area (TPSA) is 128 Å². The van der Waals surface area contributed by atoms with Crippen LogP contribution in [0.2, 0.25) is 0 Å². The van der Waals surface area contributed by atoms with Gasteiger partial charge in [0.2, 0.25) is 0 Å². The van der Waals surface area contributed by atoms with Gasteiger partial charge in [0.05, 0.1) is 19.3 Å². The number of H-pyrrole nitrogens is 1. The maximum atomic E-state index is 12.2. The van der Waals surface area contributed by atoms with Crippen LogP contribution >= 0.6 is 0 Å². The first kappa shape index (κ1) is 23.5. The summed E-state index contributed by atoms with van der Waals surface area (Å²) in [5.41, 5.74) is 2.92. The van der Waals surface area contributed by atoms with E-state index < -0.39 is 0 Å². The number of hydrogen-bond acceptors (Lipinski definition) is 8. The number of nitrogens with zero attached hydrogens (tertiary/aromatic N) is 4. The van der Waals surface area contributed by atoms with Gasteiger partial charge in [-0.25, -0.2) is 4.79 Å². The smallest absolute Gasteiger partial charge is 0.407 e. The van der Waals surface area contributed by atoms with Crippen molar-refractivity contribution in [2.45, 2.75) is 82.1 Å². The van der Waals surface area contributed by atoms with Gasteiger partial charge in [-0.05, 0) is 45.4 Å². The molecule has 194 valence electrons. The predicted molar refractivity (Wildman–Crippen MR) is 131 cm³/mol. The molecule has 3 N–H and O–H groups in total. The number of aromatic amines is 1. The number of anilines is 1. The van der Waals surface area contributed by atoms with Crippen LogP contribution in [-0.2, 0) is 27.9 Å². The highest BCUT2D eigenvalue weighted by atomic mass is 16.6. The Morgan fingerprint density at radius 3 is 3.00 bits per heavy atom. The second kappa shape index (κ2) is 9.51. The lowest BCUT2D eigenvalue weighted by Gasteiger charge is -2.16. The van der Waals surface area contributed by atoms with E-state index in [1.54, 1.807) is 0 Å². The van der Waals surface area contributed by atoms with Crippen molar-refractivity contribution in [3.63, 3.8) is 0 Å². The number of ether oxygens (including phenoxy) is 3. The Morgan fingerprint density at radius 2 is 2.19 bits per heavy atom. The second-order valence-electron chi connectivity index (χ2n) is 10.7. The SMILES string of the molecule is Cn1nc(COC2CCOC2)c2c1=C(Nc1cc([C@H]3CC[C@@H](OC(=O)NC4(C)CC4)C3)[nH]n1)CCN=2. The van der Waals surface area contributed by atoms with E-state index in [-0.39, 0.29) is 23.8 Å². The van der Waals surface area contributed by atoms with E-state index in [1.165, 1.54) is 0 Å². The molecule has 36 heavy (non-hydrogen) atoms. The van der Waals surface area contributed by atoms with E-state index in [2.05, 4.69) is 33.8 Å². The van der Waals surface area contributed by atoms with E-state index in [0.29, 0.717) is 25.7 Å². The van der Waals surface area contributed by atoms with Crippen LogP contribution in [0.1, 0.15) is 69.2 Å². The van der Waals surface area contributed by atoms with Gasteiger partial charge in [-0.1, -0.05) is 0 Å². The van der Waals surface area contributed by atoms with Crippen molar-refractivity contribution in [1.29, 1.82) is 0 Å². The first-order chi connectivity index (χ1) is 17.5. The highest BCUT2D eigenvalue weighted by molar-refractivity contribution is 5.69. The number of amides is 1. The van der Waals surface area contributed by atoms with E-state index >= 15 is 0 Å². The molecule has 1 amide bonds. The molecule has 0 radical (unpaired) electrons. The molecular formula is C25H35N7O4. The summed E-state index contributed by atoms with van der Waals surface area (Å²) in [6, 6.07) is 2.07. The van der Waals surface area contributed by atoms with Crippen molar-refractivity contribution in [3.05, 3.63) is 28.2 Å². The van der Waals surface area contributed by atoms with Crippen molar-refractivity contribution in [2.75, 3.05) is 25.1 Å². The second-order valence-corrected chi connectivity index (χ2v) is 10.7. The summed E-state index contributed by atoms with van der Waals surface area (Å²) in [6.07, 6.45) is 6.19. The van der Waals surface area contributed by atoms with Gasteiger partial charge in [0.1, 0.15) is 22.5 Å². The minimum atomic E-state index is -0.292. The summed E-state index contributed by atoms with van der Waals surface area (Å²) in [5, 5.41) is 20.8. The van der Waals surface area contributed by atoms with Crippen LogP contribution in [0.3, 0.4) is 0 Å². The Morgan fingerprint density at radius 1 is 1.31 bits per heavy atom. The highest BCUT2D eigenvalue weighted by Gasteiger charge is 2.40. The van der Waals surface area contributed by atoms with Gasteiger partial charge in [0.25, 0.3) is 0 Å². The van der Waals surface area contributed by atoms with Gasteiger partial charge < -0.3 is 24.8 Å². The van der Waals surface area contributed by atoms with Crippen LogP contribution in [0.4, 0.5) is 10.6 Å². The molecule has 3 atom stereocenters. The van der Waals surface area contributed by atoms with Crippen molar-refractivity contribution < 1.29 is 19.0 Å². The number of nitrogens with one attached hydrogen (secondary N) is 3. The number of carbonyl (C=O) groups is 1. The summed E-state index contributed by atoms with van der Waals surface area (Å²) in [5.74, 6) is 1.07. The summed E-state index contributed by atoms with van der Waals surface area (Å²) in [6.45, 7) is 4.58. The summed E-state index contributed by atoms with van der Waals surface area (Å²) in [4.78, 5) is 16.9. The van der Waals surface area contributed by atoms with E-state index in [1.807, 2.05) is 11.7 Å². The first-order valence-corrected chi connectivity index (χ1v) is 13.1. The largest absolute Gasteiger partial charge is 0.446 e. The molecule has 4 heterocycles. The Kier molecular flexibility index (Phi) is 6.20. The maximum absolute atomic E-state index is 12.2. The van der Waals surface area contributed by atoms with Gasteiger partial charge in [-0.2, -0.15) is 10.2 Å². The number of aryl methyl sites for hydroxylation is 1. The number of hydrogen-bond donors (Lipinski definition) is 3. The minimum Gasteiger partial charge on any atom is -0.446 e. The number of fused-ring (bicyclic) bond motifs is 1. The molecular weight excluding hydrogens is 462 g/mol. The van der Waals surface area contributed by atoms with Gasteiger partial charge in [-0.3, -0.25) is 14.8 Å². The molecule has 4 aliphatic rings. The molecule has 6 rings (SSSR count). The monoisotopic (exact) mass is 497 g/mol. The van der Waals surface area contributed by atoms with E-state index in [4.69, 9.17) is 24.3 Å². The third-order valence-corrected chi connectivity index (χ3v) is 7.73. The van der Waals surface area contributed by atoms with Crippen LogP contribution in [0.5, 0.6) is 0 Å². The summed E-state index contributed by atoms with van der Waals surface area (Å²) < 4.78 is 19.0. The molecule has 2 aromatic heterocycles. The molecule has 2 aliphatic carbocycles. The standard InChI is InChI=1S/C25H35N7O4/c1-25(7-8-25)28-24(33)36-16-4-3-15(11-16)19-12-21(30-29-19)27-18-5-9-26-22-20(31-32(2)23(18)22)14-35-17-6-10-34-13-17/h12,15-17H,3-11,13-14H2,1-2H3,(H,28,33)(H2,27,29,30)/t15-,16+,17?/m0/s1. The first-order valence-electron chi connectivity index (χ1n) is 13.1. The molecule has 0 spiro atoms. The molecule has 0 bridgehead atoms. The lowest BCUT2D eigenvalue weighted by Crippen LogP contribution is -2.37. The minimum absolute atomic E-state index is 0.0557. The third kappa shape index (κ3) is 4.99. The van der Waals surface area contributed by atoms with Crippen LogP contribution in [0, 0.1) is 0 Å². The Hall–Kier alpha value is -2.92. The predicted octanol–water partition coefficient (Wildman–Crippen LogP) is 1.61. The molecule has 3 fully saturated rings. The molecule has 11 heteroatoms. The summed E-state index contributed by atoms with van der Waals surface area (Å²) in [7, 11) is 1.94. The molecule has 0 aromatic carbocycles. The Balaban J connectivity index is 1.10. The fourth-order valence-electron chi connectivity index (χ4n) is 5.36. The number of rotatable bonds is 8. The van der Waals surface area contributed by atoms with Crippen LogP contribution in [0.25, 0.3) is 5.70 Å². The Bertz CT molecular complexity index is 1240. The maximum Gasteiger partial charge on any atom is 0.407 e. The lowest BCUT2D eigenvalue weighted by atomic mass is 10.0. The normalized spacial score (nSPS) is 26.4. The zero-order chi connectivity index (χ0) is 24.7. The van der Waals surface area contributed by atoms with Gasteiger partial charge >= 0.3 is 6.09 Å². The van der Waals surface area contributed by atoms with Crippen molar-refractivity contribution in [3.8, 4) is 0 Å². The zero-order valence-corrected chi connectivity index (χ0v) is 21.0. The van der Waals surface area contributed by atoms with Crippen LogP contribution in [-0.4, -0.2) is 63.6 Å². The van der Waals surface area contributed by atoms with Crippen molar-refractivity contribution >= 4 is 17.6 Å². The van der Waals surface area contributed by atoms with E-state index in [9.17, 15) is 4.79 Å². The fourth-order valence-corrected chi connectivity index (χ4v) is 5.36.